The molecule has 2 aromatic rings. The number of benzene rings is 2. The first-order chi connectivity index (χ1) is 10.7. The maximum Gasteiger partial charge on any atom is 0.224 e. The van der Waals surface area contributed by atoms with Gasteiger partial charge in [-0.15, -0.1) is 0 Å². The average molecular weight is 297 g/mol. The molecule has 0 aliphatic rings. The maximum atomic E-state index is 12.0. The van der Waals surface area contributed by atoms with Gasteiger partial charge in [0.05, 0.1) is 12.5 Å². The summed E-state index contributed by atoms with van der Waals surface area (Å²) in [6, 6.07) is 17.8. The highest BCUT2D eigenvalue weighted by Gasteiger charge is 2.09. The van der Waals surface area contributed by atoms with E-state index in [9.17, 15) is 4.79 Å². The van der Waals surface area contributed by atoms with Crippen molar-refractivity contribution in [3.8, 4) is 5.75 Å². The maximum absolute atomic E-state index is 12.0. The van der Waals surface area contributed by atoms with Crippen LogP contribution < -0.4 is 10.1 Å². The van der Waals surface area contributed by atoms with Crippen LogP contribution in [0.5, 0.6) is 5.75 Å². The van der Waals surface area contributed by atoms with Crippen LogP contribution in [0.15, 0.2) is 54.6 Å². The predicted octanol–water partition coefficient (Wildman–Crippen LogP) is 3.38. The van der Waals surface area contributed by atoms with Crippen LogP contribution in [0.3, 0.4) is 0 Å². The van der Waals surface area contributed by atoms with E-state index in [1.165, 1.54) is 5.56 Å². The number of para-hydroxylation sites is 1. The van der Waals surface area contributed by atoms with E-state index in [4.69, 9.17) is 4.74 Å². The summed E-state index contributed by atoms with van der Waals surface area (Å²) in [5, 5.41) is 2.96. The molecule has 0 saturated heterocycles. The van der Waals surface area contributed by atoms with E-state index >= 15 is 0 Å². The fraction of sp³-hybridized carbons (Fsp3) is 0.316. The molecule has 0 spiro atoms. The summed E-state index contributed by atoms with van der Waals surface area (Å²) in [5.41, 5.74) is 2.32. The second kappa shape index (κ2) is 8.23. The number of hydrogen-bond acceptors (Lipinski definition) is 2. The molecule has 2 aromatic carbocycles. The molecule has 0 aromatic heterocycles. The van der Waals surface area contributed by atoms with E-state index in [-0.39, 0.29) is 11.9 Å². The molecular formula is C19H23NO2. The second-order valence-electron chi connectivity index (χ2n) is 5.44. The molecule has 0 saturated carbocycles. The molecule has 3 nitrogen and oxygen atoms in total. The van der Waals surface area contributed by atoms with Crippen LogP contribution in [-0.4, -0.2) is 18.6 Å². The van der Waals surface area contributed by atoms with Gasteiger partial charge < -0.3 is 10.1 Å². The minimum Gasteiger partial charge on any atom is -0.491 e. The molecular weight excluding hydrogens is 274 g/mol. The van der Waals surface area contributed by atoms with E-state index in [0.29, 0.717) is 13.0 Å². The SMILES string of the molecule is CCc1ccc(CC(=O)N[C@H](C)COc2ccccc2)cc1. The Balaban J connectivity index is 1.75. The highest BCUT2D eigenvalue weighted by atomic mass is 16.5. The Morgan fingerprint density at radius 1 is 1.05 bits per heavy atom. The lowest BCUT2D eigenvalue weighted by Crippen LogP contribution is -2.37. The molecule has 1 amide bonds. The van der Waals surface area contributed by atoms with Crippen molar-refractivity contribution >= 4 is 5.91 Å². The minimum atomic E-state index is -0.0254. The van der Waals surface area contributed by atoms with E-state index in [0.717, 1.165) is 17.7 Å². The molecule has 0 aliphatic carbocycles. The van der Waals surface area contributed by atoms with E-state index in [2.05, 4.69) is 24.4 Å². The Bertz CT molecular complexity index is 578. The van der Waals surface area contributed by atoms with Gasteiger partial charge in [0.2, 0.25) is 5.91 Å². The predicted molar refractivity (Wildman–Crippen MR) is 89.1 cm³/mol. The molecule has 3 heteroatoms. The van der Waals surface area contributed by atoms with Gasteiger partial charge in [-0.1, -0.05) is 49.4 Å². The van der Waals surface area contributed by atoms with Crippen LogP contribution in [0.25, 0.3) is 0 Å². The third-order valence-corrected chi connectivity index (χ3v) is 3.45. The molecule has 22 heavy (non-hydrogen) atoms. The number of carbonyl (C=O) groups is 1. The number of amides is 1. The van der Waals surface area contributed by atoms with Crippen molar-refractivity contribution in [2.75, 3.05) is 6.61 Å². The Hall–Kier alpha value is -2.29. The number of ether oxygens (including phenoxy) is 1. The first kappa shape index (κ1) is 16.1. The molecule has 0 heterocycles. The Morgan fingerprint density at radius 3 is 2.32 bits per heavy atom. The second-order valence-corrected chi connectivity index (χ2v) is 5.44. The highest BCUT2D eigenvalue weighted by molar-refractivity contribution is 5.78. The van der Waals surface area contributed by atoms with Gasteiger partial charge in [-0.3, -0.25) is 4.79 Å². The molecule has 116 valence electrons. The first-order valence-corrected chi connectivity index (χ1v) is 7.72. The molecule has 0 fully saturated rings. The average Bonchev–Trinajstić information content (AvgIpc) is 2.54. The molecule has 1 atom stereocenters. The number of nitrogens with one attached hydrogen (secondary N) is 1. The molecule has 0 bridgehead atoms. The van der Waals surface area contributed by atoms with Gasteiger partial charge in [0.25, 0.3) is 0 Å². The van der Waals surface area contributed by atoms with Crippen LogP contribution in [0, 0.1) is 0 Å². The van der Waals surface area contributed by atoms with Crippen LogP contribution in [0.1, 0.15) is 25.0 Å². The highest BCUT2D eigenvalue weighted by Crippen LogP contribution is 2.09. The quantitative estimate of drug-likeness (QED) is 0.851. The zero-order valence-electron chi connectivity index (χ0n) is 13.2. The number of hydrogen-bond donors (Lipinski definition) is 1. The van der Waals surface area contributed by atoms with Crippen LogP contribution in [0.4, 0.5) is 0 Å². The largest absolute Gasteiger partial charge is 0.491 e. The summed E-state index contributed by atoms with van der Waals surface area (Å²) in [6.45, 7) is 4.53. The van der Waals surface area contributed by atoms with Gasteiger partial charge >= 0.3 is 0 Å². The lowest BCUT2D eigenvalue weighted by atomic mass is 10.1. The zero-order valence-corrected chi connectivity index (χ0v) is 13.2. The van der Waals surface area contributed by atoms with Gasteiger partial charge in [0.15, 0.2) is 0 Å². The smallest absolute Gasteiger partial charge is 0.224 e. The molecule has 0 unspecified atom stereocenters. The fourth-order valence-corrected chi connectivity index (χ4v) is 2.18. The van der Waals surface area contributed by atoms with Crippen molar-refractivity contribution in [3.63, 3.8) is 0 Å². The van der Waals surface area contributed by atoms with Gasteiger partial charge in [-0.05, 0) is 36.6 Å². The summed E-state index contributed by atoms with van der Waals surface area (Å²) in [6.07, 6.45) is 1.42. The fourth-order valence-electron chi connectivity index (χ4n) is 2.18. The zero-order chi connectivity index (χ0) is 15.8. The standard InChI is InChI=1S/C19H23NO2/c1-3-16-9-11-17(12-10-16)13-19(21)20-15(2)14-22-18-7-5-4-6-8-18/h4-12,15H,3,13-14H2,1-2H3,(H,20,21)/t15-/m1/s1. The van der Waals surface area contributed by atoms with Crippen LogP contribution in [-0.2, 0) is 17.6 Å². The molecule has 0 aliphatic heterocycles. The van der Waals surface area contributed by atoms with E-state index in [1.807, 2.05) is 49.4 Å². The van der Waals surface area contributed by atoms with Crippen molar-refractivity contribution in [2.45, 2.75) is 32.7 Å². The Labute approximate surface area is 132 Å². The van der Waals surface area contributed by atoms with Gasteiger partial charge in [-0.25, -0.2) is 0 Å². The summed E-state index contributed by atoms with van der Waals surface area (Å²) in [5.74, 6) is 0.840. The third-order valence-electron chi connectivity index (χ3n) is 3.45. The van der Waals surface area contributed by atoms with Crippen molar-refractivity contribution in [1.82, 2.24) is 5.32 Å². The lowest BCUT2D eigenvalue weighted by molar-refractivity contribution is -0.121. The number of aryl methyl sites for hydroxylation is 1. The summed E-state index contributed by atoms with van der Waals surface area (Å²) < 4.78 is 5.63. The van der Waals surface area contributed by atoms with Gasteiger partial charge in [0, 0.05) is 0 Å². The molecule has 0 radical (unpaired) electrons. The van der Waals surface area contributed by atoms with Crippen LogP contribution in [0.2, 0.25) is 0 Å². The number of rotatable bonds is 7. The minimum absolute atomic E-state index is 0.0217. The topological polar surface area (TPSA) is 38.3 Å². The van der Waals surface area contributed by atoms with Gasteiger partial charge in [-0.2, -0.15) is 0 Å². The Morgan fingerprint density at radius 2 is 1.68 bits per heavy atom. The monoisotopic (exact) mass is 297 g/mol. The van der Waals surface area contributed by atoms with Crippen molar-refractivity contribution < 1.29 is 9.53 Å². The molecule has 2 rings (SSSR count). The van der Waals surface area contributed by atoms with Crippen molar-refractivity contribution in [1.29, 1.82) is 0 Å². The third kappa shape index (κ3) is 5.24. The number of carbonyl (C=O) groups excluding carboxylic acids is 1. The Kier molecular flexibility index (Phi) is 6.01. The summed E-state index contributed by atoms with van der Waals surface area (Å²) >= 11 is 0. The van der Waals surface area contributed by atoms with Gasteiger partial charge in [0.1, 0.15) is 12.4 Å². The molecule has 1 N–H and O–H groups in total. The first-order valence-electron chi connectivity index (χ1n) is 7.72. The van der Waals surface area contributed by atoms with Crippen molar-refractivity contribution in [2.24, 2.45) is 0 Å². The summed E-state index contributed by atoms with van der Waals surface area (Å²) in [4.78, 5) is 12.0. The lowest BCUT2D eigenvalue weighted by Gasteiger charge is -2.15. The van der Waals surface area contributed by atoms with Crippen LogP contribution >= 0.6 is 0 Å². The normalized spacial score (nSPS) is 11.7. The summed E-state index contributed by atoms with van der Waals surface area (Å²) in [7, 11) is 0. The van der Waals surface area contributed by atoms with Crippen molar-refractivity contribution in [3.05, 3.63) is 65.7 Å². The van der Waals surface area contributed by atoms with E-state index in [1.54, 1.807) is 0 Å². The van der Waals surface area contributed by atoms with E-state index < -0.39 is 0 Å².